The summed E-state index contributed by atoms with van der Waals surface area (Å²) in [7, 11) is 1.63. The Hall–Kier alpha value is -1.71. The highest BCUT2D eigenvalue weighted by Gasteiger charge is 2.44. The van der Waals surface area contributed by atoms with Crippen LogP contribution in [0.2, 0.25) is 0 Å². The van der Waals surface area contributed by atoms with Crippen LogP contribution in [0.15, 0.2) is 24.3 Å². The van der Waals surface area contributed by atoms with Crippen LogP contribution in [-0.4, -0.2) is 29.7 Å². The number of carbonyl (C=O) groups is 1. The van der Waals surface area contributed by atoms with Gasteiger partial charge in [0.2, 0.25) is 0 Å². The predicted molar refractivity (Wildman–Crippen MR) is 73.3 cm³/mol. The smallest absolute Gasteiger partial charge is 0.411 e. The molecule has 104 valence electrons. The normalized spacial score (nSPS) is 23.4. The second-order valence-corrected chi connectivity index (χ2v) is 5.86. The lowest BCUT2D eigenvalue weighted by molar-refractivity contribution is 0.119. The minimum Gasteiger partial charge on any atom is -0.497 e. The molecule has 0 radical (unpaired) electrons. The molecule has 2 atom stereocenters. The van der Waals surface area contributed by atoms with Crippen molar-refractivity contribution in [2.24, 2.45) is 0 Å². The van der Waals surface area contributed by atoms with E-state index in [2.05, 4.69) is 0 Å². The van der Waals surface area contributed by atoms with E-state index < -0.39 is 0 Å². The quantitative estimate of drug-likeness (QED) is 0.821. The van der Waals surface area contributed by atoms with Crippen molar-refractivity contribution in [3.63, 3.8) is 0 Å². The monoisotopic (exact) mass is 263 g/mol. The van der Waals surface area contributed by atoms with E-state index in [0.717, 1.165) is 11.3 Å². The van der Waals surface area contributed by atoms with Gasteiger partial charge in [0.1, 0.15) is 11.9 Å². The molecule has 0 saturated carbocycles. The van der Waals surface area contributed by atoms with Crippen molar-refractivity contribution in [1.29, 1.82) is 0 Å². The van der Waals surface area contributed by atoms with Crippen LogP contribution >= 0.6 is 0 Å². The minimum atomic E-state index is -0.257. The largest absolute Gasteiger partial charge is 0.497 e. The number of cyclic esters (lactones) is 1. The molecule has 1 amide bonds. The molecule has 1 aliphatic rings. The van der Waals surface area contributed by atoms with Crippen LogP contribution in [0.3, 0.4) is 0 Å². The average molecular weight is 263 g/mol. The van der Waals surface area contributed by atoms with Crippen molar-refractivity contribution in [2.75, 3.05) is 7.11 Å². The maximum Gasteiger partial charge on any atom is 0.411 e. The van der Waals surface area contributed by atoms with Crippen LogP contribution in [0.1, 0.15) is 39.4 Å². The minimum absolute atomic E-state index is 0.000365. The summed E-state index contributed by atoms with van der Waals surface area (Å²) in [6.45, 7) is 8.05. The van der Waals surface area contributed by atoms with Crippen molar-refractivity contribution >= 4 is 6.09 Å². The number of benzene rings is 1. The number of amides is 1. The molecule has 0 aliphatic carbocycles. The third-order valence-corrected chi connectivity index (χ3v) is 3.41. The van der Waals surface area contributed by atoms with Gasteiger partial charge in [-0.05, 0) is 45.4 Å². The van der Waals surface area contributed by atoms with Gasteiger partial charge in [0.15, 0.2) is 0 Å². The van der Waals surface area contributed by atoms with E-state index in [1.807, 2.05) is 52.0 Å². The van der Waals surface area contributed by atoms with E-state index in [4.69, 9.17) is 9.47 Å². The first kappa shape index (κ1) is 13.7. The van der Waals surface area contributed by atoms with E-state index in [0.29, 0.717) is 0 Å². The molecule has 1 heterocycles. The van der Waals surface area contributed by atoms with Gasteiger partial charge in [-0.2, -0.15) is 0 Å². The number of methoxy groups -OCH3 is 1. The second kappa shape index (κ2) is 4.76. The molecule has 0 spiro atoms. The molecule has 1 aromatic rings. The summed E-state index contributed by atoms with van der Waals surface area (Å²) in [5.74, 6) is 0.773. The van der Waals surface area contributed by atoms with E-state index >= 15 is 0 Å². The van der Waals surface area contributed by atoms with Crippen LogP contribution in [-0.2, 0) is 4.74 Å². The molecule has 1 aromatic carbocycles. The number of nitrogens with zero attached hydrogens (tertiary/aromatic N) is 1. The standard InChI is InChI=1S/C15H21NO3/c1-10-13(11-7-6-8-12(9-11)18-5)19-14(17)16(10)15(2,3)4/h6-10,13H,1-5H3/t10-,13-/m0/s1. The Morgan fingerprint density at radius 1 is 1.32 bits per heavy atom. The lowest BCUT2D eigenvalue weighted by Crippen LogP contribution is -2.46. The van der Waals surface area contributed by atoms with Gasteiger partial charge >= 0.3 is 6.09 Å². The van der Waals surface area contributed by atoms with Gasteiger partial charge in [-0.1, -0.05) is 12.1 Å². The highest BCUT2D eigenvalue weighted by atomic mass is 16.6. The summed E-state index contributed by atoms with van der Waals surface area (Å²) in [6, 6.07) is 7.67. The molecule has 0 unspecified atom stereocenters. The summed E-state index contributed by atoms with van der Waals surface area (Å²) < 4.78 is 10.7. The molecule has 0 N–H and O–H groups in total. The third kappa shape index (κ3) is 2.53. The topological polar surface area (TPSA) is 38.8 Å². The highest BCUT2D eigenvalue weighted by Crippen LogP contribution is 2.37. The number of carbonyl (C=O) groups excluding carboxylic acids is 1. The van der Waals surface area contributed by atoms with Crippen molar-refractivity contribution in [2.45, 2.75) is 45.4 Å². The highest BCUT2D eigenvalue weighted by molar-refractivity contribution is 5.72. The maximum atomic E-state index is 12.0. The molecular formula is C15H21NO3. The Labute approximate surface area is 114 Å². The SMILES string of the molecule is COc1cccc([C@H]2OC(=O)N(C(C)(C)C)[C@H]2C)c1. The summed E-state index contributed by atoms with van der Waals surface area (Å²) in [6.07, 6.45) is -0.505. The molecule has 1 saturated heterocycles. The van der Waals surface area contributed by atoms with Crippen LogP contribution < -0.4 is 4.74 Å². The molecule has 0 bridgehead atoms. The van der Waals surface area contributed by atoms with Gasteiger partial charge in [-0.3, -0.25) is 4.90 Å². The molecule has 1 fully saturated rings. The fourth-order valence-corrected chi connectivity index (χ4v) is 2.62. The Bertz CT molecular complexity index is 479. The fourth-order valence-electron chi connectivity index (χ4n) is 2.62. The molecule has 19 heavy (non-hydrogen) atoms. The van der Waals surface area contributed by atoms with E-state index in [1.54, 1.807) is 12.0 Å². The van der Waals surface area contributed by atoms with E-state index in [9.17, 15) is 4.79 Å². The van der Waals surface area contributed by atoms with Gasteiger partial charge in [-0.25, -0.2) is 4.79 Å². The van der Waals surface area contributed by atoms with Crippen molar-refractivity contribution in [3.05, 3.63) is 29.8 Å². The van der Waals surface area contributed by atoms with Gasteiger partial charge in [-0.15, -0.1) is 0 Å². The Morgan fingerprint density at radius 3 is 2.53 bits per heavy atom. The van der Waals surface area contributed by atoms with Gasteiger partial charge < -0.3 is 9.47 Å². The van der Waals surface area contributed by atoms with Crippen molar-refractivity contribution in [3.8, 4) is 5.75 Å². The summed E-state index contributed by atoms with van der Waals surface area (Å²) >= 11 is 0. The first-order valence-corrected chi connectivity index (χ1v) is 6.48. The lowest BCUT2D eigenvalue weighted by atomic mass is 9.99. The zero-order chi connectivity index (χ0) is 14.2. The summed E-state index contributed by atoms with van der Waals surface area (Å²) in [5, 5.41) is 0. The average Bonchev–Trinajstić information content (AvgIpc) is 2.64. The number of hydrogen-bond acceptors (Lipinski definition) is 3. The second-order valence-electron chi connectivity index (χ2n) is 5.86. The summed E-state index contributed by atoms with van der Waals surface area (Å²) in [5.41, 5.74) is 0.719. The molecule has 4 heteroatoms. The van der Waals surface area contributed by atoms with E-state index in [1.165, 1.54) is 0 Å². The van der Waals surface area contributed by atoms with Gasteiger partial charge in [0.25, 0.3) is 0 Å². The van der Waals surface area contributed by atoms with Crippen LogP contribution in [0.4, 0.5) is 4.79 Å². The first-order chi connectivity index (χ1) is 8.84. The van der Waals surface area contributed by atoms with Crippen molar-refractivity contribution < 1.29 is 14.3 Å². The van der Waals surface area contributed by atoms with Gasteiger partial charge in [0, 0.05) is 5.54 Å². The zero-order valence-corrected chi connectivity index (χ0v) is 12.1. The van der Waals surface area contributed by atoms with Gasteiger partial charge in [0.05, 0.1) is 13.2 Å². The lowest BCUT2D eigenvalue weighted by Gasteiger charge is -2.33. The van der Waals surface area contributed by atoms with Crippen LogP contribution in [0.25, 0.3) is 0 Å². The Morgan fingerprint density at radius 2 is 2.00 bits per heavy atom. The Balaban J connectivity index is 2.30. The molecule has 2 rings (SSSR count). The Kier molecular flexibility index (Phi) is 3.43. The molecule has 4 nitrogen and oxygen atoms in total. The van der Waals surface area contributed by atoms with E-state index in [-0.39, 0.29) is 23.8 Å². The number of hydrogen-bond donors (Lipinski definition) is 0. The van der Waals surface area contributed by atoms with Crippen molar-refractivity contribution in [1.82, 2.24) is 4.90 Å². The van der Waals surface area contributed by atoms with Crippen LogP contribution in [0, 0.1) is 0 Å². The predicted octanol–water partition coefficient (Wildman–Crippen LogP) is 3.38. The maximum absolute atomic E-state index is 12.0. The molecule has 0 aromatic heterocycles. The molecule has 1 aliphatic heterocycles. The fraction of sp³-hybridized carbons (Fsp3) is 0.533. The van der Waals surface area contributed by atoms with Crippen LogP contribution in [0.5, 0.6) is 5.75 Å². The molecular weight excluding hydrogens is 242 g/mol. The zero-order valence-electron chi connectivity index (χ0n) is 12.1. The summed E-state index contributed by atoms with van der Waals surface area (Å²) in [4.78, 5) is 13.8. The first-order valence-electron chi connectivity index (χ1n) is 6.48. The number of rotatable bonds is 2. The third-order valence-electron chi connectivity index (χ3n) is 3.41. The number of ether oxygens (including phenoxy) is 2.